The summed E-state index contributed by atoms with van der Waals surface area (Å²) in [5.41, 5.74) is 0. The molecule has 0 amide bonds. The lowest BCUT2D eigenvalue weighted by atomic mass is 10.0. The molecule has 0 bridgehead atoms. The van der Waals surface area contributed by atoms with Crippen molar-refractivity contribution in [1.29, 1.82) is 0 Å². The van der Waals surface area contributed by atoms with Crippen molar-refractivity contribution in [3.8, 4) is 0 Å². The molecule has 0 aromatic rings. The van der Waals surface area contributed by atoms with E-state index >= 15 is 0 Å². The van der Waals surface area contributed by atoms with Crippen molar-refractivity contribution < 1.29 is 32.5 Å². The highest BCUT2D eigenvalue weighted by Crippen LogP contribution is 2.42. The lowest BCUT2D eigenvalue weighted by molar-refractivity contribution is -0.505. The summed E-state index contributed by atoms with van der Waals surface area (Å²) in [5, 5.41) is 0. The molecule has 0 fully saturated rings. The summed E-state index contributed by atoms with van der Waals surface area (Å²) in [6.45, 7) is 1.57. The molecule has 0 aliphatic heterocycles. The van der Waals surface area contributed by atoms with Crippen LogP contribution in [0.25, 0.3) is 0 Å². The smallest absolute Gasteiger partial charge is 0.326 e. The van der Waals surface area contributed by atoms with Crippen molar-refractivity contribution in [3.63, 3.8) is 0 Å². The summed E-state index contributed by atoms with van der Waals surface area (Å²) in [5.74, 6) is -4.95. The lowest BCUT2D eigenvalue weighted by Crippen LogP contribution is -2.72. The lowest BCUT2D eigenvalue weighted by Gasteiger charge is -2.51. The van der Waals surface area contributed by atoms with Crippen LogP contribution in [0.4, 0.5) is 0 Å². The van der Waals surface area contributed by atoms with Crippen LogP contribution >= 0.6 is 0 Å². The van der Waals surface area contributed by atoms with Gasteiger partial charge in [0.2, 0.25) is 5.79 Å². The van der Waals surface area contributed by atoms with Gasteiger partial charge in [0, 0.05) is 35.5 Å². The second kappa shape index (κ2) is 7.07. The molecule has 0 aliphatic carbocycles. The molecule has 0 atom stereocenters. The molecule has 0 aliphatic rings. The maximum absolute atomic E-state index is 5.36. The van der Waals surface area contributed by atoms with Gasteiger partial charge in [0.15, 0.2) is 0 Å². The monoisotopic (exact) mass is 294 g/mol. The standard InChI is InChI=1S/C9H18O7Si2/c1-7(10-2,11-3)8(12-4,13-5)9(14-6,15-17)16-18/h1-6H3. The first kappa shape index (κ1) is 18.2. The molecule has 0 unspecified atom stereocenters. The SMILES string of the molecule is COC(C)(OC)C(OC)(OC)C(OC)(O[Si])O[Si]. The minimum atomic E-state index is -1.84. The van der Waals surface area contributed by atoms with Crippen LogP contribution < -0.4 is 0 Å². The quantitative estimate of drug-likeness (QED) is 0.419. The third-order valence-corrected chi connectivity index (χ3v) is 3.43. The van der Waals surface area contributed by atoms with Gasteiger partial charge in [0.1, 0.15) is 0 Å². The van der Waals surface area contributed by atoms with Crippen molar-refractivity contribution in [3.05, 3.63) is 0 Å². The van der Waals surface area contributed by atoms with Crippen LogP contribution in [0.5, 0.6) is 0 Å². The van der Waals surface area contributed by atoms with Crippen LogP contribution in [-0.4, -0.2) is 74.1 Å². The van der Waals surface area contributed by atoms with E-state index in [4.69, 9.17) is 32.5 Å². The Morgan fingerprint density at radius 3 is 1.22 bits per heavy atom. The second-order valence-electron chi connectivity index (χ2n) is 3.34. The molecular formula is C9H18O7Si2. The van der Waals surface area contributed by atoms with Gasteiger partial charge in [-0.1, -0.05) is 0 Å². The van der Waals surface area contributed by atoms with Crippen molar-refractivity contribution in [2.24, 2.45) is 0 Å². The highest BCUT2D eigenvalue weighted by molar-refractivity contribution is 6.00. The van der Waals surface area contributed by atoms with Crippen molar-refractivity contribution in [2.75, 3.05) is 35.5 Å². The first-order valence-electron chi connectivity index (χ1n) is 4.88. The Kier molecular flexibility index (Phi) is 7.14. The van der Waals surface area contributed by atoms with E-state index in [1.165, 1.54) is 35.5 Å². The third-order valence-electron chi connectivity index (χ3n) is 2.89. The highest BCUT2D eigenvalue weighted by atomic mass is 28.2. The maximum Gasteiger partial charge on any atom is 0.326 e. The molecule has 6 radical (unpaired) electrons. The van der Waals surface area contributed by atoms with Gasteiger partial charge in [0.25, 0.3) is 21.0 Å². The zero-order chi connectivity index (χ0) is 14.4. The Bertz CT molecular complexity index is 231. The van der Waals surface area contributed by atoms with Crippen LogP contribution in [0.3, 0.4) is 0 Å². The van der Waals surface area contributed by atoms with Crippen LogP contribution in [0.1, 0.15) is 6.92 Å². The summed E-state index contributed by atoms with van der Waals surface area (Å²) in [6, 6.07) is 0. The fourth-order valence-corrected chi connectivity index (χ4v) is 2.31. The van der Waals surface area contributed by atoms with E-state index < -0.39 is 17.5 Å². The van der Waals surface area contributed by atoms with Crippen LogP contribution in [-0.2, 0) is 32.5 Å². The Hall–Kier alpha value is 0.154. The van der Waals surface area contributed by atoms with Gasteiger partial charge in [-0.15, -0.1) is 0 Å². The van der Waals surface area contributed by atoms with Crippen molar-refractivity contribution in [2.45, 2.75) is 24.5 Å². The number of ether oxygens (including phenoxy) is 5. The first-order chi connectivity index (χ1) is 8.42. The Morgan fingerprint density at radius 2 is 1.06 bits per heavy atom. The van der Waals surface area contributed by atoms with Gasteiger partial charge in [-0.3, -0.25) is 0 Å². The van der Waals surface area contributed by atoms with E-state index in [2.05, 4.69) is 21.0 Å². The molecule has 0 spiro atoms. The minimum Gasteiger partial charge on any atom is -0.367 e. The van der Waals surface area contributed by atoms with Crippen LogP contribution in [0.15, 0.2) is 0 Å². The zero-order valence-electron chi connectivity index (χ0n) is 11.4. The van der Waals surface area contributed by atoms with Crippen molar-refractivity contribution in [1.82, 2.24) is 0 Å². The summed E-state index contributed by atoms with van der Waals surface area (Å²) >= 11 is 0. The van der Waals surface area contributed by atoms with Crippen molar-refractivity contribution >= 4 is 21.0 Å². The van der Waals surface area contributed by atoms with Gasteiger partial charge in [-0.2, -0.15) is 0 Å². The van der Waals surface area contributed by atoms with Gasteiger partial charge in [-0.25, -0.2) is 0 Å². The summed E-state index contributed by atoms with van der Waals surface area (Å²) in [6.07, 6.45) is 0. The molecule has 0 rings (SSSR count). The average Bonchev–Trinajstić information content (AvgIpc) is 2.44. The van der Waals surface area contributed by atoms with Gasteiger partial charge >= 0.3 is 11.8 Å². The predicted octanol–water partition coefficient (Wildman–Crippen LogP) is -0.515. The fraction of sp³-hybridized carbons (Fsp3) is 1.00. The Labute approximate surface area is 114 Å². The van der Waals surface area contributed by atoms with Gasteiger partial charge in [0.05, 0.1) is 0 Å². The summed E-state index contributed by atoms with van der Waals surface area (Å²) in [7, 11) is 12.6. The van der Waals surface area contributed by atoms with E-state index in [-0.39, 0.29) is 0 Å². The number of methoxy groups -OCH3 is 5. The van der Waals surface area contributed by atoms with E-state index in [9.17, 15) is 0 Å². The second-order valence-corrected chi connectivity index (χ2v) is 3.75. The van der Waals surface area contributed by atoms with Gasteiger partial charge in [-0.05, 0) is 6.92 Å². The molecule has 0 saturated carbocycles. The van der Waals surface area contributed by atoms with Crippen LogP contribution in [0, 0.1) is 0 Å². The average molecular weight is 294 g/mol. The molecule has 104 valence electrons. The van der Waals surface area contributed by atoms with E-state index in [1.54, 1.807) is 6.92 Å². The summed E-state index contributed by atoms with van der Waals surface area (Å²) < 4.78 is 36.6. The molecule has 7 nitrogen and oxygen atoms in total. The summed E-state index contributed by atoms with van der Waals surface area (Å²) in [4.78, 5) is 0. The number of hydrogen-bond acceptors (Lipinski definition) is 7. The molecule has 0 aromatic carbocycles. The largest absolute Gasteiger partial charge is 0.367 e. The number of rotatable bonds is 9. The Balaban J connectivity index is 5.91. The third kappa shape index (κ3) is 2.42. The van der Waals surface area contributed by atoms with E-state index in [0.29, 0.717) is 0 Å². The molecule has 9 heteroatoms. The molecular weight excluding hydrogens is 276 g/mol. The minimum absolute atomic E-state index is 1.33. The normalized spacial score (nSPS) is 14.0. The first-order valence-corrected chi connectivity index (χ1v) is 5.69. The van der Waals surface area contributed by atoms with Gasteiger partial charge < -0.3 is 32.5 Å². The molecule has 0 N–H and O–H groups in total. The highest BCUT2D eigenvalue weighted by Gasteiger charge is 2.68. The number of hydrogen-bond donors (Lipinski definition) is 0. The molecule has 18 heavy (non-hydrogen) atoms. The fourth-order valence-electron chi connectivity index (χ4n) is 1.71. The molecule has 0 heterocycles. The molecule has 0 aromatic heterocycles. The topological polar surface area (TPSA) is 64.6 Å². The zero-order valence-corrected chi connectivity index (χ0v) is 13.4. The predicted molar refractivity (Wildman–Crippen MR) is 62.6 cm³/mol. The van der Waals surface area contributed by atoms with Crippen LogP contribution in [0.2, 0.25) is 0 Å². The van der Waals surface area contributed by atoms with E-state index in [0.717, 1.165) is 0 Å². The van der Waals surface area contributed by atoms with E-state index in [1.807, 2.05) is 0 Å². The Morgan fingerprint density at radius 1 is 0.667 bits per heavy atom. The maximum atomic E-state index is 5.36. The molecule has 0 saturated heterocycles.